The van der Waals surface area contributed by atoms with Crippen molar-refractivity contribution in [3.05, 3.63) is 0 Å². The maximum Gasteiger partial charge on any atom is 0.364 e. The van der Waals surface area contributed by atoms with E-state index >= 15 is 0 Å². The smallest absolute Gasteiger partial charge is 0.364 e. The Hall–Kier alpha value is -1.72. The monoisotopic (exact) mass is 230 g/mol. The van der Waals surface area contributed by atoms with Gasteiger partial charge >= 0.3 is 11.6 Å². The first-order valence-electron chi connectivity index (χ1n) is 4.88. The van der Waals surface area contributed by atoms with Crippen LogP contribution in [0.5, 0.6) is 0 Å². The number of carbonyl (C=O) groups is 4. The van der Waals surface area contributed by atoms with Crippen molar-refractivity contribution in [2.75, 3.05) is 0 Å². The van der Waals surface area contributed by atoms with Crippen molar-refractivity contribution < 1.29 is 29.0 Å². The predicted octanol–water partition coefficient (Wildman–Crippen LogP) is 0.331. The molecule has 16 heavy (non-hydrogen) atoms. The Morgan fingerprint density at radius 1 is 1.25 bits per heavy atom. The van der Waals surface area contributed by atoms with Gasteiger partial charge in [0.25, 0.3) is 6.47 Å². The van der Waals surface area contributed by atoms with Gasteiger partial charge in [-0.05, 0) is 6.42 Å². The quantitative estimate of drug-likeness (QED) is 0.476. The average molecular weight is 230 g/mol. The Balaban J connectivity index is 5.41. The number of Topliss-reactive ketones (excluding diaryl/α,β-unsaturated/α-hetero) is 2. The highest BCUT2D eigenvalue weighted by Crippen LogP contribution is 2.19. The number of hydrogen-bond acceptors (Lipinski definition) is 5. The van der Waals surface area contributed by atoms with E-state index in [-0.39, 0.29) is 19.3 Å². The summed E-state index contributed by atoms with van der Waals surface area (Å²) in [7, 11) is 0. The molecule has 0 aromatic carbocycles. The molecule has 0 saturated heterocycles. The van der Waals surface area contributed by atoms with Gasteiger partial charge in [-0.25, -0.2) is 4.79 Å². The second-order valence-corrected chi connectivity index (χ2v) is 3.15. The molecule has 0 aromatic heterocycles. The Labute approximate surface area is 92.6 Å². The lowest BCUT2D eigenvalue weighted by Gasteiger charge is -2.23. The fourth-order valence-corrected chi connectivity index (χ4v) is 1.30. The lowest BCUT2D eigenvalue weighted by atomic mass is 9.89. The normalized spacial score (nSPS) is 13.6. The van der Waals surface area contributed by atoms with Crippen LogP contribution in [0.4, 0.5) is 0 Å². The van der Waals surface area contributed by atoms with Crippen LogP contribution < -0.4 is 0 Å². The molecule has 0 amide bonds. The molecule has 6 heteroatoms. The molecule has 0 aliphatic rings. The minimum Gasteiger partial charge on any atom is -0.478 e. The van der Waals surface area contributed by atoms with Crippen molar-refractivity contribution in [2.45, 2.75) is 38.7 Å². The molecule has 0 aliphatic heterocycles. The van der Waals surface area contributed by atoms with Crippen LogP contribution >= 0.6 is 0 Å². The Kier molecular flexibility index (Phi) is 5.35. The summed E-state index contributed by atoms with van der Waals surface area (Å²) < 4.78 is 4.28. The van der Waals surface area contributed by atoms with Crippen LogP contribution in [0.3, 0.4) is 0 Å². The number of ketones is 2. The molecule has 0 radical (unpaired) electrons. The van der Waals surface area contributed by atoms with E-state index < -0.39 is 23.1 Å². The second kappa shape index (κ2) is 5.99. The summed E-state index contributed by atoms with van der Waals surface area (Å²) in [5, 5.41) is 8.93. The molecule has 6 nitrogen and oxygen atoms in total. The number of carboxylic acids is 1. The van der Waals surface area contributed by atoms with Crippen LogP contribution in [0.15, 0.2) is 0 Å². The number of hydrogen-bond donors (Lipinski definition) is 1. The minimum absolute atomic E-state index is 0.133. The zero-order chi connectivity index (χ0) is 12.8. The highest BCUT2D eigenvalue weighted by atomic mass is 16.6. The molecule has 0 aromatic rings. The molecular weight excluding hydrogens is 216 g/mol. The standard InChI is InChI=1S/C10H14O6/c1-3-5-8(13)10(9(14)15,16-6-11)7(12)4-2/h6H,3-5H2,1-2H3,(H,14,15). The van der Waals surface area contributed by atoms with Crippen molar-refractivity contribution in [3.8, 4) is 0 Å². The van der Waals surface area contributed by atoms with Crippen LogP contribution in [-0.2, 0) is 23.9 Å². The summed E-state index contributed by atoms with van der Waals surface area (Å²) >= 11 is 0. The van der Waals surface area contributed by atoms with Gasteiger partial charge in [0.15, 0.2) is 11.6 Å². The minimum atomic E-state index is -2.66. The van der Waals surface area contributed by atoms with Crippen LogP contribution in [0.1, 0.15) is 33.1 Å². The van der Waals surface area contributed by atoms with E-state index in [0.717, 1.165) is 0 Å². The van der Waals surface area contributed by atoms with E-state index in [1.54, 1.807) is 6.92 Å². The lowest BCUT2D eigenvalue weighted by Crippen LogP contribution is -2.55. The number of rotatable bonds is 8. The van der Waals surface area contributed by atoms with Gasteiger partial charge in [0.2, 0.25) is 0 Å². The molecule has 1 N–H and O–H groups in total. The molecule has 0 heterocycles. The second-order valence-electron chi connectivity index (χ2n) is 3.15. The van der Waals surface area contributed by atoms with Crippen molar-refractivity contribution in [1.82, 2.24) is 0 Å². The fraction of sp³-hybridized carbons (Fsp3) is 0.600. The number of carboxylic acid groups (broad SMARTS) is 1. The number of carbonyl (C=O) groups excluding carboxylic acids is 3. The molecule has 0 saturated carbocycles. The molecule has 0 aliphatic carbocycles. The van der Waals surface area contributed by atoms with Crippen molar-refractivity contribution >= 4 is 24.0 Å². The molecular formula is C10H14O6. The van der Waals surface area contributed by atoms with Gasteiger partial charge in [-0.1, -0.05) is 13.8 Å². The van der Waals surface area contributed by atoms with E-state index in [1.807, 2.05) is 0 Å². The van der Waals surface area contributed by atoms with E-state index in [2.05, 4.69) is 4.74 Å². The first-order chi connectivity index (χ1) is 7.47. The molecule has 0 bridgehead atoms. The third-order valence-electron chi connectivity index (χ3n) is 2.11. The third-order valence-corrected chi connectivity index (χ3v) is 2.11. The summed E-state index contributed by atoms with van der Waals surface area (Å²) in [5.74, 6) is -3.57. The largest absolute Gasteiger partial charge is 0.478 e. The number of ether oxygens (including phenoxy) is 1. The molecule has 0 fully saturated rings. The van der Waals surface area contributed by atoms with Crippen LogP contribution in [0, 0.1) is 0 Å². The molecule has 90 valence electrons. The maximum absolute atomic E-state index is 11.6. The summed E-state index contributed by atoms with van der Waals surface area (Å²) in [5.41, 5.74) is -2.66. The number of aliphatic carboxylic acids is 1. The maximum atomic E-state index is 11.6. The van der Waals surface area contributed by atoms with Crippen LogP contribution in [0.25, 0.3) is 0 Å². The van der Waals surface area contributed by atoms with Gasteiger partial charge in [-0.15, -0.1) is 0 Å². The molecule has 1 atom stereocenters. The summed E-state index contributed by atoms with van der Waals surface area (Å²) in [6, 6.07) is 0. The first kappa shape index (κ1) is 14.3. The molecule has 0 rings (SSSR count). The van der Waals surface area contributed by atoms with Gasteiger partial charge < -0.3 is 9.84 Å². The van der Waals surface area contributed by atoms with Crippen LogP contribution in [-0.4, -0.2) is 34.7 Å². The van der Waals surface area contributed by atoms with Crippen molar-refractivity contribution in [3.63, 3.8) is 0 Å². The molecule has 1 unspecified atom stereocenters. The third kappa shape index (κ3) is 2.44. The van der Waals surface area contributed by atoms with Gasteiger partial charge in [0.05, 0.1) is 0 Å². The zero-order valence-corrected chi connectivity index (χ0v) is 9.19. The van der Waals surface area contributed by atoms with Gasteiger partial charge in [-0.2, -0.15) is 0 Å². The molecule has 0 spiro atoms. The average Bonchev–Trinajstić information content (AvgIpc) is 2.24. The SMILES string of the molecule is CCCC(=O)C(OC=O)(C(=O)O)C(=O)CC. The van der Waals surface area contributed by atoms with Gasteiger partial charge in [0, 0.05) is 12.8 Å². The van der Waals surface area contributed by atoms with E-state index in [0.29, 0.717) is 6.42 Å². The summed E-state index contributed by atoms with van der Waals surface area (Å²) in [6.45, 7) is 2.87. The highest BCUT2D eigenvalue weighted by Gasteiger charge is 2.53. The lowest BCUT2D eigenvalue weighted by molar-refractivity contribution is -0.179. The summed E-state index contributed by atoms with van der Waals surface area (Å²) in [6.07, 6.45) is 0.0363. The predicted molar refractivity (Wildman–Crippen MR) is 52.7 cm³/mol. The Morgan fingerprint density at radius 3 is 2.12 bits per heavy atom. The van der Waals surface area contributed by atoms with Crippen molar-refractivity contribution in [2.24, 2.45) is 0 Å². The highest BCUT2D eigenvalue weighted by molar-refractivity contribution is 6.26. The van der Waals surface area contributed by atoms with E-state index in [1.165, 1.54) is 6.92 Å². The summed E-state index contributed by atoms with van der Waals surface area (Å²) in [4.78, 5) is 44.4. The Morgan fingerprint density at radius 2 is 1.81 bits per heavy atom. The van der Waals surface area contributed by atoms with E-state index in [9.17, 15) is 19.2 Å². The first-order valence-corrected chi connectivity index (χ1v) is 4.88. The van der Waals surface area contributed by atoms with Gasteiger partial charge in [0.1, 0.15) is 0 Å². The Bertz CT molecular complexity index is 308. The fourth-order valence-electron chi connectivity index (χ4n) is 1.30. The van der Waals surface area contributed by atoms with Crippen molar-refractivity contribution in [1.29, 1.82) is 0 Å². The van der Waals surface area contributed by atoms with Crippen LogP contribution in [0.2, 0.25) is 0 Å². The van der Waals surface area contributed by atoms with E-state index in [4.69, 9.17) is 5.11 Å². The van der Waals surface area contributed by atoms with Gasteiger partial charge in [-0.3, -0.25) is 14.4 Å². The topological polar surface area (TPSA) is 97.7 Å². The zero-order valence-electron chi connectivity index (χ0n) is 9.19.